The van der Waals surface area contributed by atoms with E-state index in [4.69, 9.17) is 28.9 Å². The summed E-state index contributed by atoms with van der Waals surface area (Å²) in [6, 6.07) is 7.23. The molecule has 0 aliphatic heterocycles. The summed E-state index contributed by atoms with van der Waals surface area (Å²) in [4.78, 5) is 8.24. The standard InChI is InChI=1S/C11H10Cl2N4/c12-8-5-9(13)11(17-10(8)14)16-6-7-3-1-2-4-15-7/h1-5H,6H2,(H3,14,16,17). The van der Waals surface area contributed by atoms with Crippen molar-refractivity contribution < 1.29 is 0 Å². The molecule has 0 bridgehead atoms. The molecule has 2 heterocycles. The predicted molar refractivity (Wildman–Crippen MR) is 70.2 cm³/mol. The van der Waals surface area contributed by atoms with Crippen molar-refractivity contribution in [3.63, 3.8) is 0 Å². The summed E-state index contributed by atoms with van der Waals surface area (Å²) in [5, 5.41) is 3.83. The van der Waals surface area contributed by atoms with Gasteiger partial charge in [0.05, 0.1) is 22.3 Å². The molecule has 0 fully saturated rings. The second-order valence-corrected chi connectivity index (χ2v) is 4.17. The Bertz CT molecular complexity index is 516. The molecule has 0 aliphatic rings. The number of hydrogen-bond donors (Lipinski definition) is 2. The Morgan fingerprint density at radius 1 is 1.24 bits per heavy atom. The number of halogens is 2. The Hall–Kier alpha value is -1.52. The Labute approximate surface area is 109 Å². The Balaban J connectivity index is 2.12. The lowest BCUT2D eigenvalue weighted by molar-refractivity contribution is 1.03. The molecule has 0 aromatic carbocycles. The number of aromatic nitrogens is 2. The number of rotatable bonds is 3. The molecule has 88 valence electrons. The van der Waals surface area contributed by atoms with Gasteiger partial charge in [-0.1, -0.05) is 29.3 Å². The summed E-state index contributed by atoms with van der Waals surface area (Å²) in [6.45, 7) is 0.522. The van der Waals surface area contributed by atoms with Gasteiger partial charge in [0.1, 0.15) is 11.6 Å². The van der Waals surface area contributed by atoms with Crippen molar-refractivity contribution >= 4 is 34.8 Å². The Morgan fingerprint density at radius 2 is 2.06 bits per heavy atom. The molecule has 6 heteroatoms. The molecule has 0 radical (unpaired) electrons. The van der Waals surface area contributed by atoms with Crippen LogP contribution in [0.4, 0.5) is 11.6 Å². The minimum Gasteiger partial charge on any atom is -0.382 e. The van der Waals surface area contributed by atoms with Crippen molar-refractivity contribution in [3.05, 3.63) is 46.2 Å². The lowest BCUT2D eigenvalue weighted by Gasteiger charge is -2.08. The fraction of sp³-hybridized carbons (Fsp3) is 0.0909. The lowest BCUT2D eigenvalue weighted by atomic mass is 10.3. The van der Waals surface area contributed by atoms with Crippen LogP contribution >= 0.6 is 23.2 Å². The maximum atomic E-state index is 5.98. The Kier molecular flexibility index (Phi) is 3.66. The van der Waals surface area contributed by atoms with Crippen LogP contribution in [-0.4, -0.2) is 9.97 Å². The van der Waals surface area contributed by atoms with Crippen molar-refractivity contribution in [3.8, 4) is 0 Å². The highest BCUT2D eigenvalue weighted by Crippen LogP contribution is 2.27. The molecule has 0 spiro atoms. The monoisotopic (exact) mass is 268 g/mol. The molecule has 2 rings (SSSR count). The zero-order chi connectivity index (χ0) is 12.3. The molecule has 0 unspecified atom stereocenters. The van der Waals surface area contributed by atoms with Crippen LogP contribution in [0.5, 0.6) is 0 Å². The van der Waals surface area contributed by atoms with E-state index in [1.54, 1.807) is 12.3 Å². The maximum absolute atomic E-state index is 5.98. The van der Waals surface area contributed by atoms with Gasteiger partial charge in [-0.15, -0.1) is 0 Å². The topological polar surface area (TPSA) is 63.8 Å². The molecule has 0 aliphatic carbocycles. The average Bonchev–Trinajstić information content (AvgIpc) is 2.33. The highest BCUT2D eigenvalue weighted by molar-refractivity contribution is 6.37. The fourth-order valence-corrected chi connectivity index (χ4v) is 1.71. The van der Waals surface area contributed by atoms with Crippen molar-refractivity contribution in [1.82, 2.24) is 9.97 Å². The molecule has 0 saturated carbocycles. The first-order chi connectivity index (χ1) is 8.16. The molecule has 2 aromatic heterocycles. The largest absolute Gasteiger partial charge is 0.382 e. The zero-order valence-electron chi connectivity index (χ0n) is 8.82. The molecule has 2 aromatic rings. The van der Waals surface area contributed by atoms with Crippen molar-refractivity contribution in [1.29, 1.82) is 0 Å². The Morgan fingerprint density at radius 3 is 2.76 bits per heavy atom. The van der Waals surface area contributed by atoms with Gasteiger partial charge in [0.2, 0.25) is 0 Å². The predicted octanol–water partition coefficient (Wildman–Crippen LogP) is 2.98. The van der Waals surface area contributed by atoms with Gasteiger partial charge in [-0.2, -0.15) is 0 Å². The maximum Gasteiger partial charge on any atom is 0.147 e. The third-order valence-corrected chi connectivity index (χ3v) is 2.71. The van der Waals surface area contributed by atoms with Gasteiger partial charge in [0, 0.05) is 6.20 Å². The molecule has 3 N–H and O–H groups in total. The SMILES string of the molecule is Nc1nc(NCc2ccccn2)c(Cl)cc1Cl. The van der Waals surface area contributed by atoms with Gasteiger partial charge in [-0.25, -0.2) is 4.98 Å². The summed E-state index contributed by atoms with van der Waals surface area (Å²) < 4.78 is 0. The highest BCUT2D eigenvalue weighted by Gasteiger charge is 2.06. The van der Waals surface area contributed by atoms with E-state index in [0.717, 1.165) is 5.69 Å². The molecule has 0 saturated heterocycles. The van der Waals surface area contributed by atoms with Crippen LogP contribution in [0, 0.1) is 0 Å². The van der Waals surface area contributed by atoms with E-state index in [-0.39, 0.29) is 5.82 Å². The number of nitrogens with two attached hydrogens (primary N) is 1. The van der Waals surface area contributed by atoms with Crippen LogP contribution in [0.15, 0.2) is 30.5 Å². The summed E-state index contributed by atoms with van der Waals surface area (Å²) in [5.41, 5.74) is 6.49. The molecule has 17 heavy (non-hydrogen) atoms. The van der Waals surface area contributed by atoms with E-state index < -0.39 is 0 Å². The third-order valence-electron chi connectivity index (χ3n) is 2.12. The molecule has 0 atom stereocenters. The van der Waals surface area contributed by atoms with Crippen LogP contribution in [0.1, 0.15) is 5.69 Å². The smallest absolute Gasteiger partial charge is 0.147 e. The van der Waals surface area contributed by atoms with Crippen LogP contribution in [0.2, 0.25) is 10.0 Å². The van der Waals surface area contributed by atoms with Gasteiger partial charge in [0.25, 0.3) is 0 Å². The van der Waals surface area contributed by atoms with E-state index in [1.165, 1.54) is 0 Å². The average molecular weight is 269 g/mol. The van der Waals surface area contributed by atoms with Crippen LogP contribution in [0.3, 0.4) is 0 Å². The van der Waals surface area contributed by atoms with Crippen LogP contribution < -0.4 is 11.1 Å². The van der Waals surface area contributed by atoms with Crippen molar-refractivity contribution in [2.75, 3.05) is 11.1 Å². The van der Waals surface area contributed by atoms with Gasteiger partial charge in [-0.05, 0) is 18.2 Å². The lowest BCUT2D eigenvalue weighted by Crippen LogP contribution is -2.05. The fourth-order valence-electron chi connectivity index (χ4n) is 1.28. The first kappa shape index (κ1) is 12.0. The first-order valence-electron chi connectivity index (χ1n) is 4.92. The minimum atomic E-state index is 0.250. The van der Waals surface area contributed by atoms with E-state index in [2.05, 4.69) is 15.3 Å². The molecule has 0 amide bonds. The summed E-state index contributed by atoms with van der Waals surface area (Å²) in [7, 11) is 0. The molecule has 4 nitrogen and oxygen atoms in total. The second kappa shape index (κ2) is 5.21. The van der Waals surface area contributed by atoms with Gasteiger partial charge < -0.3 is 11.1 Å². The number of anilines is 2. The molecular weight excluding hydrogens is 259 g/mol. The quantitative estimate of drug-likeness (QED) is 0.899. The normalized spacial score (nSPS) is 10.2. The number of hydrogen-bond acceptors (Lipinski definition) is 4. The first-order valence-corrected chi connectivity index (χ1v) is 5.67. The minimum absolute atomic E-state index is 0.250. The summed E-state index contributed by atoms with van der Waals surface area (Å²) in [5.74, 6) is 0.749. The van der Waals surface area contributed by atoms with Gasteiger partial charge in [-0.3, -0.25) is 4.98 Å². The van der Waals surface area contributed by atoms with Crippen LogP contribution in [0.25, 0.3) is 0 Å². The van der Waals surface area contributed by atoms with Crippen LogP contribution in [-0.2, 0) is 6.54 Å². The second-order valence-electron chi connectivity index (χ2n) is 3.36. The van der Waals surface area contributed by atoms with E-state index in [0.29, 0.717) is 22.4 Å². The zero-order valence-corrected chi connectivity index (χ0v) is 10.3. The summed E-state index contributed by atoms with van der Waals surface area (Å²) in [6.07, 6.45) is 1.72. The number of pyridine rings is 2. The number of nitrogens with zero attached hydrogens (tertiary/aromatic N) is 2. The molecular formula is C11H10Cl2N4. The summed E-state index contributed by atoms with van der Waals surface area (Å²) >= 11 is 11.8. The van der Waals surface area contributed by atoms with E-state index in [1.807, 2.05) is 18.2 Å². The number of nitrogen functional groups attached to an aromatic ring is 1. The van der Waals surface area contributed by atoms with E-state index in [9.17, 15) is 0 Å². The van der Waals surface area contributed by atoms with Crippen molar-refractivity contribution in [2.45, 2.75) is 6.54 Å². The number of nitrogens with one attached hydrogen (secondary N) is 1. The van der Waals surface area contributed by atoms with Gasteiger partial charge >= 0.3 is 0 Å². The third kappa shape index (κ3) is 2.99. The van der Waals surface area contributed by atoms with Gasteiger partial charge in [0.15, 0.2) is 0 Å². The van der Waals surface area contributed by atoms with E-state index >= 15 is 0 Å². The van der Waals surface area contributed by atoms with Crippen molar-refractivity contribution in [2.24, 2.45) is 0 Å². The highest BCUT2D eigenvalue weighted by atomic mass is 35.5.